The van der Waals surface area contributed by atoms with Gasteiger partial charge in [0.25, 0.3) is 0 Å². The van der Waals surface area contributed by atoms with Crippen molar-refractivity contribution in [1.82, 2.24) is 14.4 Å². The zero-order valence-corrected chi connectivity index (χ0v) is 13.8. The first-order valence-electron chi connectivity index (χ1n) is 7.98. The Morgan fingerprint density at radius 3 is 2.81 bits per heavy atom. The van der Waals surface area contributed by atoms with E-state index in [-0.39, 0.29) is 0 Å². The number of fused-ring (bicyclic) bond motifs is 1. The summed E-state index contributed by atoms with van der Waals surface area (Å²) in [6, 6.07) is 9.80. The molecule has 1 atom stereocenters. The first-order valence-corrected chi connectivity index (χ1v) is 7.98. The SMILES string of the molecule is Cc1ccc2c(c1)cc(CN1CCC[C@H](N(C)C)C1)n2C. The van der Waals surface area contributed by atoms with Gasteiger partial charge in [-0.05, 0) is 58.6 Å². The van der Waals surface area contributed by atoms with E-state index in [1.165, 1.54) is 48.1 Å². The van der Waals surface area contributed by atoms with Gasteiger partial charge in [0.05, 0.1) is 0 Å². The van der Waals surface area contributed by atoms with Gasteiger partial charge in [0.1, 0.15) is 0 Å². The molecule has 1 aromatic heterocycles. The maximum Gasteiger partial charge on any atom is 0.0480 e. The van der Waals surface area contributed by atoms with Crippen LogP contribution in [-0.4, -0.2) is 47.6 Å². The van der Waals surface area contributed by atoms with Crippen molar-refractivity contribution in [2.24, 2.45) is 7.05 Å². The summed E-state index contributed by atoms with van der Waals surface area (Å²) in [6.07, 6.45) is 2.64. The van der Waals surface area contributed by atoms with E-state index in [1.807, 2.05) is 0 Å². The Labute approximate surface area is 128 Å². The van der Waals surface area contributed by atoms with E-state index < -0.39 is 0 Å². The molecule has 0 amide bonds. The molecule has 1 aromatic carbocycles. The molecule has 0 aliphatic carbocycles. The van der Waals surface area contributed by atoms with E-state index in [0.29, 0.717) is 6.04 Å². The predicted molar refractivity (Wildman–Crippen MR) is 89.6 cm³/mol. The van der Waals surface area contributed by atoms with Crippen LogP contribution in [-0.2, 0) is 13.6 Å². The van der Waals surface area contributed by atoms with Gasteiger partial charge in [-0.2, -0.15) is 0 Å². The summed E-state index contributed by atoms with van der Waals surface area (Å²) in [7, 11) is 6.60. The molecule has 21 heavy (non-hydrogen) atoms. The third kappa shape index (κ3) is 2.99. The van der Waals surface area contributed by atoms with Gasteiger partial charge in [-0.25, -0.2) is 0 Å². The first-order chi connectivity index (χ1) is 10.0. The maximum atomic E-state index is 2.61. The van der Waals surface area contributed by atoms with Crippen LogP contribution in [0, 0.1) is 6.92 Å². The molecule has 3 rings (SSSR count). The average Bonchev–Trinajstić information content (AvgIpc) is 2.75. The van der Waals surface area contributed by atoms with Crippen LogP contribution >= 0.6 is 0 Å². The molecule has 0 unspecified atom stereocenters. The lowest BCUT2D eigenvalue weighted by Gasteiger charge is -2.36. The van der Waals surface area contributed by atoms with Crippen molar-refractivity contribution < 1.29 is 0 Å². The summed E-state index contributed by atoms with van der Waals surface area (Å²) in [4.78, 5) is 4.98. The zero-order valence-electron chi connectivity index (χ0n) is 13.8. The van der Waals surface area contributed by atoms with Gasteiger partial charge in [0, 0.05) is 42.8 Å². The second-order valence-corrected chi connectivity index (χ2v) is 6.75. The number of rotatable bonds is 3. The molecule has 2 aromatic rings. The lowest BCUT2D eigenvalue weighted by Crippen LogP contribution is -2.44. The van der Waals surface area contributed by atoms with Crippen molar-refractivity contribution in [3.8, 4) is 0 Å². The first kappa shape index (κ1) is 14.6. The van der Waals surface area contributed by atoms with Gasteiger partial charge in [0.2, 0.25) is 0 Å². The standard InChI is InChI=1S/C18H27N3/c1-14-7-8-18-15(10-14)11-17(20(18)4)13-21-9-5-6-16(12-21)19(2)3/h7-8,10-11,16H,5-6,9,12-13H2,1-4H3/t16-/m0/s1. The van der Waals surface area contributed by atoms with Crippen LogP contribution in [0.25, 0.3) is 10.9 Å². The van der Waals surface area contributed by atoms with E-state index in [9.17, 15) is 0 Å². The Morgan fingerprint density at radius 2 is 2.05 bits per heavy atom. The number of aromatic nitrogens is 1. The molecule has 114 valence electrons. The Kier molecular flexibility index (Phi) is 4.05. The van der Waals surface area contributed by atoms with E-state index >= 15 is 0 Å². The van der Waals surface area contributed by atoms with Crippen LogP contribution in [0.4, 0.5) is 0 Å². The highest BCUT2D eigenvalue weighted by molar-refractivity contribution is 5.82. The van der Waals surface area contributed by atoms with Crippen molar-refractivity contribution in [3.63, 3.8) is 0 Å². The van der Waals surface area contributed by atoms with Gasteiger partial charge in [-0.15, -0.1) is 0 Å². The highest BCUT2D eigenvalue weighted by atomic mass is 15.2. The van der Waals surface area contributed by atoms with Crippen LogP contribution in [0.15, 0.2) is 24.3 Å². The van der Waals surface area contributed by atoms with Crippen LogP contribution in [0.2, 0.25) is 0 Å². The molecule has 0 N–H and O–H groups in total. The van der Waals surface area contributed by atoms with Crippen LogP contribution < -0.4 is 0 Å². The van der Waals surface area contributed by atoms with Gasteiger partial charge in [-0.1, -0.05) is 11.6 Å². The second-order valence-electron chi connectivity index (χ2n) is 6.75. The summed E-state index contributed by atoms with van der Waals surface area (Å²) in [5, 5.41) is 1.37. The average molecular weight is 285 g/mol. The van der Waals surface area contributed by atoms with E-state index in [4.69, 9.17) is 0 Å². The molecule has 1 saturated heterocycles. The van der Waals surface area contributed by atoms with Gasteiger partial charge in [0.15, 0.2) is 0 Å². The molecule has 3 nitrogen and oxygen atoms in total. The molecule has 0 spiro atoms. The molecule has 3 heteroatoms. The van der Waals surface area contributed by atoms with Crippen LogP contribution in [0.5, 0.6) is 0 Å². The quantitative estimate of drug-likeness (QED) is 0.859. The predicted octanol–water partition coefficient (Wildman–Crippen LogP) is 3.01. The topological polar surface area (TPSA) is 11.4 Å². The van der Waals surface area contributed by atoms with Crippen molar-refractivity contribution in [2.45, 2.75) is 32.4 Å². The van der Waals surface area contributed by atoms with Crippen LogP contribution in [0.3, 0.4) is 0 Å². The molecule has 0 radical (unpaired) electrons. The Hall–Kier alpha value is -1.32. The molecule has 1 fully saturated rings. The fraction of sp³-hybridized carbons (Fsp3) is 0.556. The minimum atomic E-state index is 0.704. The van der Waals surface area contributed by atoms with Crippen molar-refractivity contribution >= 4 is 10.9 Å². The summed E-state index contributed by atoms with van der Waals surface area (Å²) >= 11 is 0. The molecule has 0 saturated carbocycles. The minimum Gasteiger partial charge on any atom is -0.346 e. The van der Waals surface area contributed by atoms with Crippen LogP contribution in [0.1, 0.15) is 24.1 Å². The summed E-state index contributed by atoms with van der Waals surface area (Å²) < 4.78 is 2.36. The Morgan fingerprint density at radius 1 is 1.24 bits per heavy atom. The van der Waals surface area contributed by atoms with E-state index in [2.05, 4.69) is 66.7 Å². The highest BCUT2D eigenvalue weighted by Crippen LogP contribution is 2.23. The summed E-state index contributed by atoms with van der Waals surface area (Å²) in [5.74, 6) is 0. The fourth-order valence-electron chi connectivity index (χ4n) is 3.50. The lowest BCUT2D eigenvalue weighted by atomic mass is 10.0. The Balaban J connectivity index is 1.80. The van der Waals surface area contributed by atoms with Gasteiger partial charge >= 0.3 is 0 Å². The Bertz CT molecular complexity index is 627. The fourth-order valence-corrected chi connectivity index (χ4v) is 3.50. The summed E-state index contributed by atoms with van der Waals surface area (Å²) in [6.45, 7) is 5.64. The van der Waals surface area contributed by atoms with E-state index in [0.717, 1.165) is 6.54 Å². The summed E-state index contributed by atoms with van der Waals surface area (Å²) in [5.41, 5.74) is 4.11. The number of aryl methyl sites for hydroxylation is 2. The molecule has 0 bridgehead atoms. The number of likely N-dealkylation sites (N-methyl/N-ethyl adjacent to an activating group) is 1. The number of benzene rings is 1. The van der Waals surface area contributed by atoms with Crippen molar-refractivity contribution in [2.75, 3.05) is 27.2 Å². The maximum absolute atomic E-state index is 2.61. The zero-order chi connectivity index (χ0) is 15.0. The molecule has 2 heterocycles. The minimum absolute atomic E-state index is 0.704. The number of hydrogen-bond acceptors (Lipinski definition) is 2. The van der Waals surface area contributed by atoms with E-state index in [1.54, 1.807) is 0 Å². The lowest BCUT2D eigenvalue weighted by molar-refractivity contribution is 0.126. The molecule has 1 aliphatic heterocycles. The van der Waals surface area contributed by atoms with Gasteiger partial charge in [-0.3, -0.25) is 4.90 Å². The van der Waals surface area contributed by atoms with Gasteiger partial charge < -0.3 is 9.47 Å². The molecule has 1 aliphatic rings. The molecular formula is C18H27N3. The van der Waals surface area contributed by atoms with Crippen molar-refractivity contribution in [1.29, 1.82) is 0 Å². The smallest absolute Gasteiger partial charge is 0.0480 e. The molecular weight excluding hydrogens is 258 g/mol. The normalized spacial score (nSPS) is 20.5. The second kappa shape index (κ2) is 5.82. The number of likely N-dealkylation sites (tertiary alicyclic amines) is 1. The largest absolute Gasteiger partial charge is 0.346 e. The number of piperidine rings is 1. The third-order valence-corrected chi connectivity index (χ3v) is 4.89. The number of nitrogens with zero attached hydrogens (tertiary/aromatic N) is 3. The third-order valence-electron chi connectivity index (χ3n) is 4.89. The highest BCUT2D eigenvalue weighted by Gasteiger charge is 2.22. The number of hydrogen-bond donors (Lipinski definition) is 0. The van der Waals surface area contributed by atoms with Crippen molar-refractivity contribution in [3.05, 3.63) is 35.5 Å². The monoisotopic (exact) mass is 285 g/mol.